The van der Waals surface area contributed by atoms with Crippen molar-refractivity contribution in [1.82, 2.24) is 14.6 Å². The van der Waals surface area contributed by atoms with Gasteiger partial charge in [-0.15, -0.1) is 5.10 Å². The minimum atomic E-state index is -1.00. The molecule has 2 aliphatic rings. The Morgan fingerprint density at radius 1 is 1.55 bits per heavy atom. The van der Waals surface area contributed by atoms with Crippen LogP contribution in [0.4, 0.5) is 5.13 Å². The van der Waals surface area contributed by atoms with Gasteiger partial charge in [0.15, 0.2) is 10.5 Å². The van der Waals surface area contributed by atoms with E-state index in [-0.39, 0.29) is 5.69 Å². The molecule has 20 heavy (non-hydrogen) atoms. The van der Waals surface area contributed by atoms with Crippen LogP contribution in [0.5, 0.6) is 0 Å². The van der Waals surface area contributed by atoms with Gasteiger partial charge in [0.25, 0.3) is 0 Å². The summed E-state index contributed by atoms with van der Waals surface area (Å²) in [5.74, 6) is -0.252. The molecule has 0 aromatic carbocycles. The first-order valence-electron chi connectivity index (χ1n) is 6.99. The van der Waals surface area contributed by atoms with E-state index in [1.165, 1.54) is 54.3 Å². The number of anilines is 1. The molecule has 0 amide bonds. The second kappa shape index (κ2) is 4.18. The molecule has 0 radical (unpaired) electrons. The Balaban J connectivity index is 1.50. The second-order valence-corrected chi connectivity index (χ2v) is 6.87. The lowest BCUT2D eigenvalue weighted by Crippen LogP contribution is -2.19. The molecule has 2 aromatic rings. The zero-order valence-corrected chi connectivity index (χ0v) is 11.8. The topological polar surface area (TPSA) is 79.5 Å². The fourth-order valence-corrected chi connectivity index (χ4v) is 4.37. The van der Waals surface area contributed by atoms with Crippen LogP contribution in [0.25, 0.3) is 4.83 Å². The Kier molecular flexibility index (Phi) is 2.54. The average molecular weight is 292 g/mol. The third-order valence-electron chi connectivity index (χ3n) is 4.79. The molecule has 2 aliphatic carbocycles. The Morgan fingerprint density at radius 3 is 3.15 bits per heavy atom. The third-order valence-corrected chi connectivity index (χ3v) is 5.78. The number of carboxylic acids is 1. The molecular formula is C13H16N4O2S. The van der Waals surface area contributed by atoms with Crippen molar-refractivity contribution in [3.8, 4) is 0 Å². The van der Waals surface area contributed by atoms with E-state index in [2.05, 4.69) is 15.4 Å². The molecule has 2 aromatic heterocycles. The maximum atomic E-state index is 11.0. The Labute approximate surface area is 119 Å². The van der Waals surface area contributed by atoms with E-state index in [0.717, 1.165) is 17.6 Å². The summed E-state index contributed by atoms with van der Waals surface area (Å²) in [5, 5.41) is 17.6. The van der Waals surface area contributed by atoms with E-state index >= 15 is 0 Å². The van der Waals surface area contributed by atoms with Gasteiger partial charge in [-0.25, -0.2) is 14.3 Å². The van der Waals surface area contributed by atoms with E-state index in [1.807, 2.05) is 0 Å². The van der Waals surface area contributed by atoms with Crippen LogP contribution in [-0.4, -0.2) is 32.2 Å². The Bertz CT molecular complexity index is 673. The highest BCUT2D eigenvalue weighted by Gasteiger charge is 2.51. The van der Waals surface area contributed by atoms with Crippen LogP contribution in [0.1, 0.15) is 42.6 Å². The molecule has 2 N–H and O–H groups in total. The van der Waals surface area contributed by atoms with Crippen molar-refractivity contribution in [3.63, 3.8) is 0 Å². The lowest BCUT2D eigenvalue weighted by atomic mass is 9.93. The van der Waals surface area contributed by atoms with Crippen LogP contribution >= 0.6 is 11.3 Å². The van der Waals surface area contributed by atoms with Crippen molar-refractivity contribution in [3.05, 3.63) is 12.0 Å². The number of rotatable bonds is 4. The Hall–Kier alpha value is -1.63. The van der Waals surface area contributed by atoms with E-state index in [4.69, 9.17) is 5.11 Å². The maximum absolute atomic E-state index is 11.0. The molecule has 2 heterocycles. The summed E-state index contributed by atoms with van der Waals surface area (Å²) in [5.41, 5.74) is 0.704. The predicted molar refractivity (Wildman–Crippen MR) is 75.3 cm³/mol. The summed E-state index contributed by atoms with van der Waals surface area (Å²) >= 11 is 1.36. The van der Waals surface area contributed by atoms with Crippen molar-refractivity contribution in [2.45, 2.75) is 32.1 Å². The van der Waals surface area contributed by atoms with Gasteiger partial charge in [-0.2, -0.15) is 0 Å². The summed E-state index contributed by atoms with van der Waals surface area (Å²) in [6.45, 7) is 0.951. The summed E-state index contributed by atoms with van der Waals surface area (Å²) in [6.07, 6.45) is 8.25. The van der Waals surface area contributed by atoms with Crippen LogP contribution in [-0.2, 0) is 0 Å². The molecule has 1 spiro atoms. The van der Waals surface area contributed by atoms with Crippen LogP contribution in [0, 0.1) is 11.3 Å². The first-order chi connectivity index (χ1) is 9.68. The lowest BCUT2D eigenvalue weighted by molar-refractivity contribution is 0.0693. The lowest BCUT2D eigenvalue weighted by Gasteiger charge is -2.18. The number of hydrogen-bond donors (Lipinski definition) is 2. The summed E-state index contributed by atoms with van der Waals surface area (Å²) < 4.78 is 1.54. The molecule has 2 fully saturated rings. The summed E-state index contributed by atoms with van der Waals surface area (Å²) in [7, 11) is 0. The van der Waals surface area contributed by atoms with Crippen molar-refractivity contribution in [2.24, 2.45) is 11.3 Å². The molecule has 0 aliphatic heterocycles. The second-order valence-electron chi connectivity index (χ2n) is 5.89. The molecule has 2 saturated carbocycles. The first kappa shape index (κ1) is 12.1. The van der Waals surface area contributed by atoms with Gasteiger partial charge >= 0.3 is 5.97 Å². The molecule has 7 heteroatoms. The van der Waals surface area contributed by atoms with E-state index in [0.29, 0.717) is 10.2 Å². The minimum Gasteiger partial charge on any atom is -0.476 e. The van der Waals surface area contributed by atoms with E-state index < -0.39 is 5.97 Å². The van der Waals surface area contributed by atoms with Crippen LogP contribution in [0.2, 0.25) is 0 Å². The predicted octanol–water partition coefficient (Wildman–Crippen LogP) is 2.48. The van der Waals surface area contributed by atoms with Crippen molar-refractivity contribution in [2.75, 3.05) is 11.9 Å². The SMILES string of the molecule is O=C(O)c1ncn2nc(NCC3CCCC34CC4)sc12. The largest absolute Gasteiger partial charge is 0.476 e. The number of carboxylic acid groups (broad SMARTS) is 1. The fraction of sp³-hybridized carbons (Fsp3) is 0.615. The number of nitrogens with one attached hydrogen (secondary N) is 1. The first-order valence-corrected chi connectivity index (χ1v) is 7.81. The highest BCUT2D eigenvalue weighted by Crippen LogP contribution is 2.61. The summed E-state index contributed by atoms with van der Waals surface area (Å²) in [4.78, 5) is 15.5. The smallest absolute Gasteiger partial charge is 0.357 e. The average Bonchev–Trinajstić information content (AvgIpc) is 2.75. The number of imidazole rings is 1. The van der Waals surface area contributed by atoms with Gasteiger partial charge in [-0.3, -0.25) is 0 Å². The van der Waals surface area contributed by atoms with Gasteiger partial charge in [-0.1, -0.05) is 17.8 Å². The normalized spacial score (nSPS) is 23.5. The highest BCUT2D eigenvalue weighted by molar-refractivity contribution is 7.21. The van der Waals surface area contributed by atoms with Gasteiger partial charge in [0.2, 0.25) is 5.13 Å². The fourth-order valence-electron chi connectivity index (χ4n) is 3.48. The molecule has 6 nitrogen and oxygen atoms in total. The van der Waals surface area contributed by atoms with Gasteiger partial charge in [0.1, 0.15) is 6.33 Å². The number of aromatic carboxylic acids is 1. The highest BCUT2D eigenvalue weighted by atomic mass is 32.1. The third kappa shape index (κ3) is 1.80. The zero-order chi connectivity index (χ0) is 13.7. The minimum absolute atomic E-state index is 0.0788. The van der Waals surface area contributed by atoms with Gasteiger partial charge < -0.3 is 10.4 Å². The molecule has 1 atom stereocenters. The number of aromatic nitrogens is 3. The quantitative estimate of drug-likeness (QED) is 0.905. The number of fused-ring (bicyclic) bond motifs is 1. The van der Waals surface area contributed by atoms with Crippen molar-refractivity contribution < 1.29 is 9.90 Å². The number of carbonyl (C=O) groups is 1. The molecular weight excluding hydrogens is 276 g/mol. The maximum Gasteiger partial charge on any atom is 0.357 e. The molecule has 106 valence electrons. The van der Waals surface area contributed by atoms with Crippen LogP contribution in [0.3, 0.4) is 0 Å². The number of nitrogens with zero attached hydrogens (tertiary/aromatic N) is 3. The van der Waals surface area contributed by atoms with Crippen molar-refractivity contribution in [1.29, 1.82) is 0 Å². The van der Waals surface area contributed by atoms with Gasteiger partial charge in [0, 0.05) is 6.54 Å². The van der Waals surface area contributed by atoms with Crippen LogP contribution in [0.15, 0.2) is 6.33 Å². The van der Waals surface area contributed by atoms with Gasteiger partial charge in [0.05, 0.1) is 0 Å². The van der Waals surface area contributed by atoms with E-state index in [1.54, 1.807) is 0 Å². The zero-order valence-electron chi connectivity index (χ0n) is 11.0. The number of hydrogen-bond acceptors (Lipinski definition) is 5. The van der Waals surface area contributed by atoms with Gasteiger partial charge in [-0.05, 0) is 37.0 Å². The monoisotopic (exact) mass is 292 g/mol. The molecule has 4 rings (SSSR count). The van der Waals surface area contributed by atoms with Crippen molar-refractivity contribution >= 4 is 27.3 Å². The molecule has 0 saturated heterocycles. The molecule has 0 bridgehead atoms. The Morgan fingerprint density at radius 2 is 2.40 bits per heavy atom. The van der Waals surface area contributed by atoms with E-state index in [9.17, 15) is 4.79 Å². The summed E-state index contributed by atoms with van der Waals surface area (Å²) in [6, 6.07) is 0. The van der Waals surface area contributed by atoms with Crippen LogP contribution < -0.4 is 5.32 Å². The molecule has 1 unspecified atom stereocenters. The standard InChI is InChI=1S/C13H16N4O2S/c18-11(19)9-10-17(7-15-9)16-12(20-10)14-6-8-2-1-3-13(8)4-5-13/h7-8H,1-6H2,(H,14,16)(H,18,19).